The van der Waals surface area contributed by atoms with E-state index in [1.165, 1.54) is 16.4 Å². The Bertz CT molecular complexity index is 937. The van der Waals surface area contributed by atoms with Gasteiger partial charge in [0.05, 0.1) is 11.4 Å². The highest BCUT2D eigenvalue weighted by Gasteiger charge is 2.21. The van der Waals surface area contributed by atoms with Crippen LogP contribution in [-0.4, -0.2) is 51.2 Å². The zero-order chi connectivity index (χ0) is 21.4. The quantitative estimate of drug-likeness (QED) is 0.578. The van der Waals surface area contributed by atoms with Crippen LogP contribution in [0.25, 0.3) is 0 Å². The molecule has 0 aliphatic rings. The number of carbonyl (C=O) groups is 2. The Morgan fingerprint density at radius 3 is 1.97 bits per heavy atom. The average Bonchev–Trinajstić information content (AvgIpc) is 2.73. The number of hydrogen-bond donors (Lipinski definition) is 3. The zero-order valence-corrected chi connectivity index (χ0v) is 17.5. The monoisotopic (exact) mass is 418 g/mol. The molecule has 0 aliphatic carbocycles. The van der Waals surface area contributed by atoms with Gasteiger partial charge in [-0.25, -0.2) is 8.42 Å². The van der Waals surface area contributed by atoms with E-state index in [-0.39, 0.29) is 23.3 Å². The molecule has 0 aromatic heterocycles. The van der Waals surface area contributed by atoms with Gasteiger partial charge in [-0.3, -0.25) is 9.59 Å². The van der Waals surface area contributed by atoms with Crippen molar-refractivity contribution < 1.29 is 18.0 Å². The number of rotatable bonds is 9. The highest BCUT2D eigenvalue weighted by molar-refractivity contribution is 7.89. The standard InChI is InChI=1S/C20H26N4O4S/c1-4-24(5-2)29(27,28)18-12-10-16(11-13-18)22-14-19(25)23-17-8-6-15(7-9-17)20(26)21-3/h6-13,22H,4-5,14H2,1-3H3,(H,21,26)(H,23,25). The summed E-state index contributed by atoms with van der Waals surface area (Å²) in [5.41, 5.74) is 1.71. The second kappa shape index (κ2) is 10.0. The Kier molecular flexibility index (Phi) is 7.74. The summed E-state index contributed by atoms with van der Waals surface area (Å²) in [7, 11) is -1.95. The van der Waals surface area contributed by atoms with Gasteiger partial charge in [-0.1, -0.05) is 13.8 Å². The molecule has 0 aliphatic heterocycles. The Balaban J connectivity index is 1.93. The second-order valence-corrected chi connectivity index (χ2v) is 8.11. The fourth-order valence-electron chi connectivity index (χ4n) is 2.69. The lowest BCUT2D eigenvalue weighted by Crippen LogP contribution is -2.30. The van der Waals surface area contributed by atoms with E-state index in [2.05, 4.69) is 16.0 Å². The summed E-state index contributed by atoms with van der Waals surface area (Å²) in [5.74, 6) is -0.464. The van der Waals surface area contributed by atoms with Gasteiger partial charge in [0.1, 0.15) is 0 Å². The lowest BCUT2D eigenvalue weighted by atomic mass is 10.2. The van der Waals surface area contributed by atoms with Crippen LogP contribution in [0.5, 0.6) is 0 Å². The van der Waals surface area contributed by atoms with Crippen LogP contribution in [0, 0.1) is 0 Å². The number of sulfonamides is 1. The molecule has 2 amide bonds. The van der Waals surface area contributed by atoms with Crippen LogP contribution >= 0.6 is 0 Å². The molecule has 0 unspecified atom stereocenters. The fourth-order valence-corrected chi connectivity index (χ4v) is 4.15. The van der Waals surface area contributed by atoms with Gasteiger partial charge in [0, 0.05) is 37.1 Å². The molecule has 0 atom stereocenters. The normalized spacial score (nSPS) is 11.2. The van der Waals surface area contributed by atoms with Crippen molar-refractivity contribution in [3.8, 4) is 0 Å². The van der Waals surface area contributed by atoms with Crippen LogP contribution in [0.2, 0.25) is 0 Å². The maximum absolute atomic E-state index is 12.5. The lowest BCUT2D eigenvalue weighted by Gasteiger charge is -2.18. The summed E-state index contributed by atoms with van der Waals surface area (Å²) in [4.78, 5) is 23.8. The Labute approximate surface area is 171 Å². The van der Waals surface area contributed by atoms with Gasteiger partial charge in [-0.2, -0.15) is 4.31 Å². The summed E-state index contributed by atoms with van der Waals surface area (Å²) in [5, 5.41) is 8.21. The predicted molar refractivity (Wildman–Crippen MR) is 114 cm³/mol. The molecule has 3 N–H and O–H groups in total. The first-order valence-corrected chi connectivity index (χ1v) is 10.7. The Hall–Kier alpha value is -2.91. The minimum absolute atomic E-state index is 0.0132. The third-order valence-corrected chi connectivity index (χ3v) is 6.37. The molecule has 0 heterocycles. The fraction of sp³-hybridized carbons (Fsp3) is 0.300. The molecule has 9 heteroatoms. The van der Waals surface area contributed by atoms with Crippen molar-refractivity contribution in [2.75, 3.05) is 37.3 Å². The summed E-state index contributed by atoms with van der Waals surface area (Å²) in [6, 6.07) is 12.8. The molecule has 0 radical (unpaired) electrons. The van der Waals surface area contributed by atoms with Crippen LogP contribution in [0.4, 0.5) is 11.4 Å². The minimum atomic E-state index is -3.50. The zero-order valence-electron chi connectivity index (χ0n) is 16.7. The van der Waals surface area contributed by atoms with Crippen LogP contribution in [0.1, 0.15) is 24.2 Å². The van der Waals surface area contributed by atoms with Gasteiger partial charge in [-0.15, -0.1) is 0 Å². The van der Waals surface area contributed by atoms with Crippen molar-refractivity contribution in [3.05, 3.63) is 54.1 Å². The van der Waals surface area contributed by atoms with Gasteiger partial charge < -0.3 is 16.0 Å². The van der Waals surface area contributed by atoms with E-state index in [1.807, 2.05) is 0 Å². The molecular formula is C20H26N4O4S. The molecule has 29 heavy (non-hydrogen) atoms. The van der Waals surface area contributed by atoms with Gasteiger partial charge in [0.15, 0.2) is 0 Å². The molecule has 0 saturated carbocycles. The smallest absolute Gasteiger partial charge is 0.251 e. The van der Waals surface area contributed by atoms with E-state index in [1.54, 1.807) is 57.3 Å². The van der Waals surface area contributed by atoms with Crippen LogP contribution in [0.3, 0.4) is 0 Å². The van der Waals surface area contributed by atoms with Crippen molar-refractivity contribution in [3.63, 3.8) is 0 Å². The molecule has 0 bridgehead atoms. The van der Waals surface area contributed by atoms with Crippen LogP contribution in [-0.2, 0) is 14.8 Å². The SMILES string of the molecule is CCN(CC)S(=O)(=O)c1ccc(NCC(=O)Nc2ccc(C(=O)NC)cc2)cc1. The molecule has 156 valence electrons. The molecular weight excluding hydrogens is 392 g/mol. The van der Waals surface area contributed by atoms with Crippen molar-refractivity contribution >= 4 is 33.2 Å². The maximum Gasteiger partial charge on any atom is 0.251 e. The van der Waals surface area contributed by atoms with Crippen molar-refractivity contribution in [2.24, 2.45) is 0 Å². The van der Waals surface area contributed by atoms with Crippen molar-refractivity contribution in [1.29, 1.82) is 0 Å². The number of benzene rings is 2. The summed E-state index contributed by atoms with van der Waals surface area (Å²) in [6.45, 7) is 4.41. The summed E-state index contributed by atoms with van der Waals surface area (Å²) in [6.07, 6.45) is 0. The van der Waals surface area contributed by atoms with Crippen LogP contribution in [0.15, 0.2) is 53.4 Å². The number of amides is 2. The Morgan fingerprint density at radius 2 is 1.45 bits per heavy atom. The van der Waals surface area contributed by atoms with E-state index >= 15 is 0 Å². The lowest BCUT2D eigenvalue weighted by molar-refractivity contribution is -0.114. The Morgan fingerprint density at radius 1 is 0.897 bits per heavy atom. The third-order valence-electron chi connectivity index (χ3n) is 4.31. The molecule has 0 saturated heterocycles. The van der Waals surface area contributed by atoms with Crippen molar-refractivity contribution in [1.82, 2.24) is 9.62 Å². The van der Waals surface area contributed by atoms with E-state index < -0.39 is 10.0 Å². The first-order chi connectivity index (χ1) is 13.8. The predicted octanol–water partition coefficient (Wildman–Crippen LogP) is 2.13. The van der Waals surface area contributed by atoms with Gasteiger partial charge in [-0.05, 0) is 48.5 Å². The molecule has 2 aromatic rings. The topological polar surface area (TPSA) is 108 Å². The van der Waals surface area contributed by atoms with Gasteiger partial charge >= 0.3 is 0 Å². The minimum Gasteiger partial charge on any atom is -0.376 e. The van der Waals surface area contributed by atoms with E-state index in [0.717, 1.165) is 0 Å². The number of carbonyl (C=O) groups excluding carboxylic acids is 2. The van der Waals surface area contributed by atoms with Gasteiger partial charge in [0.2, 0.25) is 15.9 Å². The number of nitrogens with zero attached hydrogens (tertiary/aromatic N) is 1. The number of hydrogen-bond acceptors (Lipinski definition) is 5. The van der Waals surface area contributed by atoms with Gasteiger partial charge in [0.25, 0.3) is 5.91 Å². The first kappa shape index (κ1) is 22.4. The molecule has 8 nitrogen and oxygen atoms in total. The van der Waals surface area contributed by atoms with E-state index in [4.69, 9.17) is 0 Å². The molecule has 0 spiro atoms. The summed E-state index contributed by atoms with van der Waals surface area (Å²) >= 11 is 0. The average molecular weight is 419 g/mol. The highest BCUT2D eigenvalue weighted by atomic mass is 32.2. The molecule has 2 rings (SSSR count). The van der Waals surface area contributed by atoms with Crippen molar-refractivity contribution in [2.45, 2.75) is 18.7 Å². The van der Waals surface area contributed by atoms with E-state index in [0.29, 0.717) is 30.0 Å². The van der Waals surface area contributed by atoms with E-state index in [9.17, 15) is 18.0 Å². The highest BCUT2D eigenvalue weighted by Crippen LogP contribution is 2.18. The first-order valence-electron chi connectivity index (χ1n) is 9.27. The maximum atomic E-state index is 12.5. The number of nitrogens with one attached hydrogen (secondary N) is 3. The second-order valence-electron chi connectivity index (χ2n) is 6.17. The third kappa shape index (κ3) is 5.78. The molecule has 0 fully saturated rings. The molecule has 2 aromatic carbocycles. The summed E-state index contributed by atoms with van der Waals surface area (Å²) < 4.78 is 26.3. The number of anilines is 2. The van der Waals surface area contributed by atoms with Crippen LogP contribution < -0.4 is 16.0 Å². The largest absolute Gasteiger partial charge is 0.376 e.